The van der Waals surface area contributed by atoms with Gasteiger partial charge < -0.3 is 19.6 Å². The van der Waals surface area contributed by atoms with E-state index in [1.807, 2.05) is 12.5 Å². The first-order valence-corrected chi connectivity index (χ1v) is 12.1. The molecule has 170 valence electrons. The Morgan fingerprint density at radius 3 is 2.84 bits per heavy atom. The number of fused-ring (bicyclic) bond motifs is 5. The van der Waals surface area contributed by atoms with E-state index >= 15 is 0 Å². The van der Waals surface area contributed by atoms with E-state index in [1.165, 1.54) is 5.57 Å². The molecular formula is C25H37N3O3. The van der Waals surface area contributed by atoms with Gasteiger partial charge in [0.25, 0.3) is 0 Å². The van der Waals surface area contributed by atoms with Crippen molar-refractivity contribution in [3.63, 3.8) is 0 Å². The second kappa shape index (κ2) is 8.04. The molecule has 0 aromatic carbocycles. The second-order valence-electron chi connectivity index (χ2n) is 10.9. The van der Waals surface area contributed by atoms with Gasteiger partial charge in [0.2, 0.25) is 0 Å². The van der Waals surface area contributed by atoms with Crippen LogP contribution in [0.3, 0.4) is 0 Å². The SMILES string of the molecule is C[C@]12CC[C@H]3[C@@H](/C(=N/OCCCn4ccnc4)C=C4C[C@@H](O)CC[C@@]43C)[C@@H]1CC[C@@H]2O. The average molecular weight is 428 g/mol. The van der Waals surface area contributed by atoms with Gasteiger partial charge >= 0.3 is 0 Å². The number of nitrogens with zero attached hydrogens (tertiary/aromatic N) is 3. The monoisotopic (exact) mass is 427 g/mol. The fourth-order valence-electron chi connectivity index (χ4n) is 7.32. The van der Waals surface area contributed by atoms with Gasteiger partial charge in [-0.05, 0) is 73.7 Å². The van der Waals surface area contributed by atoms with Crippen LogP contribution >= 0.6 is 0 Å². The molecule has 0 spiro atoms. The molecule has 1 aromatic heterocycles. The Hall–Kier alpha value is -1.66. The average Bonchev–Trinajstić information content (AvgIpc) is 3.37. The van der Waals surface area contributed by atoms with E-state index in [2.05, 4.69) is 29.5 Å². The van der Waals surface area contributed by atoms with Crippen LogP contribution in [-0.2, 0) is 11.4 Å². The fraction of sp³-hybridized carbons (Fsp3) is 0.760. The first-order chi connectivity index (χ1) is 14.9. The van der Waals surface area contributed by atoms with E-state index in [9.17, 15) is 10.2 Å². The third-order valence-corrected chi connectivity index (χ3v) is 9.27. The summed E-state index contributed by atoms with van der Waals surface area (Å²) in [6.07, 6.45) is 15.1. The molecule has 3 saturated carbocycles. The van der Waals surface area contributed by atoms with Crippen molar-refractivity contribution >= 4 is 5.71 Å². The standard InChI is InChI=1S/C25H37N3O3/c1-24-8-6-18(29)14-17(24)15-21(27-31-13-3-11-28-12-10-26-16-28)23-19-4-5-22(30)25(19,2)9-7-20(23)24/h10,12,15-16,18-20,22-23,29-30H,3-9,11,13-14H2,1-2H3/b27-21+/t18-,19-,20-,22-,23-,24-,25-/m0/s1. The number of oxime groups is 1. The summed E-state index contributed by atoms with van der Waals surface area (Å²) in [5.74, 6) is 1.32. The minimum Gasteiger partial charge on any atom is -0.396 e. The molecule has 0 aliphatic heterocycles. The zero-order chi connectivity index (χ0) is 21.6. The Labute approximate surface area is 185 Å². The Balaban J connectivity index is 1.40. The molecule has 4 aliphatic carbocycles. The lowest BCUT2D eigenvalue weighted by Crippen LogP contribution is -2.54. The van der Waals surface area contributed by atoms with Gasteiger partial charge in [0.1, 0.15) is 6.61 Å². The molecule has 5 rings (SSSR count). The Bertz CT molecular complexity index is 850. The lowest BCUT2D eigenvalue weighted by Gasteiger charge is -2.57. The van der Waals surface area contributed by atoms with Gasteiger partial charge in [0, 0.05) is 31.3 Å². The third-order valence-electron chi connectivity index (χ3n) is 9.27. The van der Waals surface area contributed by atoms with E-state index in [1.54, 1.807) is 6.20 Å². The van der Waals surface area contributed by atoms with Crippen molar-refractivity contribution in [3.05, 3.63) is 30.4 Å². The Morgan fingerprint density at radius 2 is 2.03 bits per heavy atom. The van der Waals surface area contributed by atoms with Crippen molar-refractivity contribution in [3.8, 4) is 0 Å². The van der Waals surface area contributed by atoms with Crippen LogP contribution in [0, 0.1) is 28.6 Å². The number of aryl methyl sites for hydroxylation is 1. The van der Waals surface area contributed by atoms with Gasteiger partial charge in [-0.1, -0.05) is 24.6 Å². The molecule has 4 aliphatic rings. The van der Waals surface area contributed by atoms with Crippen LogP contribution in [0.15, 0.2) is 35.5 Å². The molecule has 1 aromatic rings. The van der Waals surface area contributed by atoms with Crippen molar-refractivity contribution in [1.82, 2.24) is 9.55 Å². The predicted octanol–water partition coefficient (Wildman–Crippen LogP) is 3.94. The van der Waals surface area contributed by atoms with Gasteiger partial charge in [-0.3, -0.25) is 0 Å². The largest absolute Gasteiger partial charge is 0.396 e. The van der Waals surface area contributed by atoms with E-state index in [4.69, 9.17) is 9.99 Å². The number of aliphatic hydroxyl groups excluding tert-OH is 2. The van der Waals surface area contributed by atoms with Gasteiger partial charge in [0.05, 0.1) is 24.2 Å². The number of hydrogen-bond acceptors (Lipinski definition) is 5. The third kappa shape index (κ3) is 3.56. The summed E-state index contributed by atoms with van der Waals surface area (Å²) in [5, 5.41) is 25.9. The topological polar surface area (TPSA) is 79.9 Å². The number of rotatable bonds is 5. The summed E-state index contributed by atoms with van der Waals surface area (Å²) in [5.41, 5.74) is 2.54. The smallest absolute Gasteiger partial charge is 0.118 e. The molecule has 6 nitrogen and oxygen atoms in total. The fourth-order valence-corrected chi connectivity index (χ4v) is 7.32. The maximum Gasteiger partial charge on any atom is 0.118 e. The zero-order valence-corrected chi connectivity index (χ0v) is 18.9. The van der Waals surface area contributed by atoms with Gasteiger partial charge in [-0.2, -0.15) is 0 Å². The van der Waals surface area contributed by atoms with E-state index < -0.39 is 0 Å². The normalized spacial score (nSPS) is 43.2. The van der Waals surface area contributed by atoms with Crippen LogP contribution in [0.4, 0.5) is 0 Å². The molecule has 0 saturated heterocycles. The Morgan fingerprint density at radius 1 is 1.16 bits per heavy atom. The van der Waals surface area contributed by atoms with E-state index in [0.717, 1.165) is 63.6 Å². The highest BCUT2D eigenvalue weighted by Crippen LogP contribution is 2.64. The highest BCUT2D eigenvalue weighted by molar-refractivity contribution is 5.99. The molecule has 0 bridgehead atoms. The molecule has 7 atom stereocenters. The predicted molar refractivity (Wildman–Crippen MR) is 119 cm³/mol. The van der Waals surface area contributed by atoms with Gasteiger partial charge in [-0.15, -0.1) is 0 Å². The number of imidazole rings is 1. The molecule has 0 radical (unpaired) electrons. The Kier molecular flexibility index (Phi) is 5.50. The number of aromatic nitrogens is 2. The van der Waals surface area contributed by atoms with Crippen molar-refractivity contribution < 1.29 is 15.1 Å². The van der Waals surface area contributed by atoms with Gasteiger partial charge in [0.15, 0.2) is 0 Å². The first-order valence-electron chi connectivity index (χ1n) is 12.1. The highest BCUT2D eigenvalue weighted by atomic mass is 16.6. The minimum atomic E-state index is -0.240. The van der Waals surface area contributed by atoms with Gasteiger partial charge in [-0.25, -0.2) is 4.98 Å². The van der Waals surface area contributed by atoms with Crippen molar-refractivity contribution in [2.45, 2.75) is 84.0 Å². The second-order valence-corrected chi connectivity index (χ2v) is 10.9. The van der Waals surface area contributed by atoms with E-state index in [0.29, 0.717) is 24.4 Å². The summed E-state index contributed by atoms with van der Waals surface area (Å²) in [7, 11) is 0. The molecule has 6 heteroatoms. The maximum atomic E-state index is 10.8. The van der Waals surface area contributed by atoms with Crippen LogP contribution in [0.5, 0.6) is 0 Å². The number of allylic oxidation sites excluding steroid dienone is 1. The lowest BCUT2D eigenvalue weighted by atomic mass is 9.47. The number of hydrogen-bond donors (Lipinski definition) is 2. The summed E-state index contributed by atoms with van der Waals surface area (Å²) in [6.45, 7) is 6.16. The van der Waals surface area contributed by atoms with Crippen LogP contribution < -0.4 is 0 Å². The summed E-state index contributed by atoms with van der Waals surface area (Å²) >= 11 is 0. The summed E-state index contributed by atoms with van der Waals surface area (Å²) in [6, 6.07) is 0. The molecule has 31 heavy (non-hydrogen) atoms. The number of aliphatic hydroxyl groups is 2. The van der Waals surface area contributed by atoms with Crippen molar-refractivity contribution in [2.24, 2.45) is 33.7 Å². The molecule has 2 N–H and O–H groups in total. The van der Waals surface area contributed by atoms with Crippen LogP contribution in [0.25, 0.3) is 0 Å². The van der Waals surface area contributed by atoms with Crippen molar-refractivity contribution in [2.75, 3.05) is 6.61 Å². The molecule has 3 fully saturated rings. The molecule has 0 unspecified atom stereocenters. The molecule has 0 amide bonds. The van der Waals surface area contributed by atoms with E-state index in [-0.39, 0.29) is 23.0 Å². The molecular weight excluding hydrogens is 390 g/mol. The maximum absolute atomic E-state index is 10.8. The summed E-state index contributed by atoms with van der Waals surface area (Å²) in [4.78, 5) is 9.93. The summed E-state index contributed by atoms with van der Waals surface area (Å²) < 4.78 is 2.05. The van der Waals surface area contributed by atoms with Crippen LogP contribution in [0.2, 0.25) is 0 Å². The lowest BCUT2D eigenvalue weighted by molar-refractivity contribution is -0.0495. The van der Waals surface area contributed by atoms with Crippen molar-refractivity contribution in [1.29, 1.82) is 0 Å². The molecule has 1 heterocycles. The highest BCUT2D eigenvalue weighted by Gasteiger charge is 2.60. The van der Waals surface area contributed by atoms with Crippen LogP contribution in [-0.4, -0.2) is 44.3 Å². The minimum absolute atomic E-state index is 0.0146. The first kappa shape index (κ1) is 21.2. The van der Waals surface area contributed by atoms with Crippen LogP contribution in [0.1, 0.15) is 65.2 Å². The zero-order valence-electron chi connectivity index (χ0n) is 18.9. The quantitative estimate of drug-likeness (QED) is 0.551.